The van der Waals surface area contributed by atoms with Gasteiger partial charge in [-0.15, -0.1) is 0 Å². The number of carbonyl (C=O) groups is 1. The first-order valence-electron chi connectivity index (χ1n) is 5.35. The van der Waals surface area contributed by atoms with Crippen molar-refractivity contribution in [1.29, 1.82) is 0 Å². The average Bonchev–Trinajstić information content (AvgIpc) is 2.56. The number of carbonyl (C=O) groups excluding carboxylic acids is 1. The Morgan fingerprint density at radius 3 is 2.47 bits per heavy atom. The number of benzene rings is 1. The third-order valence-electron chi connectivity index (χ3n) is 3.06. The Labute approximate surface area is 96.8 Å². The van der Waals surface area contributed by atoms with Crippen LogP contribution in [0, 0.1) is 0 Å². The van der Waals surface area contributed by atoms with Gasteiger partial charge in [0, 0.05) is 18.4 Å². The van der Waals surface area contributed by atoms with Crippen LogP contribution in [0.2, 0.25) is 0 Å². The molecule has 92 valence electrons. The summed E-state index contributed by atoms with van der Waals surface area (Å²) in [6.07, 6.45) is -4.25. The van der Waals surface area contributed by atoms with Crippen molar-refractivity contribution in [3.05, 3.63) is 35.4 Å². The molecule has 1 aliphatic heterocycles. The molecule has 5 heteroatoms. The van der Waals surface area contributed by atoms with E-state index in [-0.39, 0.29) is 23.9 Å². The summed E-state index contributed by atoms with van der Waals surface area (Å²) >= 11 is 0. The highest BCUT2D eigenvalue weighted by atomic mass is 19.4. The van der Waals surface area contributed by atoms with E-state index in [2.05, 4.69) is 5.32 Å². The van der Waals surface area contributed by atoms with Crippen molar-refractivity contribution in [3.8, 4) is 0 Å². The van der Waals surface area contributed by atoms with Crippen LogP contribution in [0.3, 0.4) is 0 Å². The monoisotopic (exact) mass is 243 g/mol. The lowest BCUT2D eigenvalue weighted by atomic mass is 9.89. The second-order valence-corrected chi connectivity index (χ2v) is 4.25. The van der Waals surface area contributed by atoms with E-state index < -0.39 is 17.7 Å². The maximum atomic E-state index is 12.8. The molecular weight excluding hydrogens is 231 g/mol. The first-order valence-corrected chi connectivity index (χ1v) is 5.35. The van der Waals surface area contributed by atoms with Crippen LogP contribution in [0.5, 0.6) is 0 Å². The predicted octanol–water partition coefficient (Wildman–Crippen LogP) is 2.70. The summed E-state index contributed by atoms with van der Waals surface area (Å²) in [5.41, 5.74) is -0.445. The van der Waals surface area contributed by atoms with Gasteiger partial charge in [0.15, 0.2) is 0 Å². The molecule has 1 saturated heterocycles. The van der Waals surface area contributed by atoms with Crippen molar-refractivity contribution in [1.82, 2.24) is 5.32 Å². The fourth-order valence-electron chi connectivity index (χ4n) is 2.25. The van der Waals surface area contributed by atoms with Crippen LogP contribution in [-0.2, 0) is 11.0 Å². The van der Waals surface area contributed by atoms with E-state index in [9.17, 15) is 18.0 Å². The second-order valence-electron chi connectivity index (χ2n) is 4.25. The first kappa shape index (κ1) is 12.0. The van der Waals surface area contributed by atoms with Gasteiger partial charge in [0.25, 0.3) is 0 Å². The van der Waals surface area contributed by atoms with Crippen molar-refractivity contribution >= 4 is 5.91 Å². The minimum absolute atomic E-state index is 0.119. The lowest BCUT2D eigenvalue weighted by molar-refractivity contribution is -0.138. The number of halogens is 3. The third-order valence-corrected chi connectivity index (χ3v) is 3.06. The topological polar surface area (TPSA) is 29.1 Å². The van der Waals surface area contributed by atoms with Gasteiger partial charge >= 0.3 is 6.18 Å². The number of alkyl halides is 3. The number of hydrogen-bond donors (Lipinski definition) is 1. The van der Waals surface area contributed by atoms with Crippen LogP contribution in [-0.4, -0.2) is 11.9 Å². The molecule has 17 heavy (non-hydrogen) atoms. The summed E-state index contributed by atoms with van der Waals surface area (Å²) in [5, 5.41) is 2.64. The molecule has 1 aromatic rings. The maximum absolute atomic E-state index is 12.8. The van der Waals surface area contributed by atoms with Crippen molar-refractivity contribution < 1.29 is 18.0 Å². The Morgan fingerprint density at radius 2 is 1.94 bits per heavy atom. The number of hydrogen-bond acceptors (Lipinski definition) is 1. The summed E-state index contributed by atoms with van der Waals surface area (Å²) in [6, 6.07) is 5.18. The van der Waals surface area contributed by atoms with Crippen molar-refractivity contribution in [3.63, 3.8) is 0 Å². The third kappa shape index (κ3) is 2.28. The minimum atomic E-state index is -4.37. The second kappa shape index (κ2) is 4.05. The molecule has 1 heterocycles. The highest BCUT2D eigenvalue weighted by Crippen LogP contribution is 2.38. The number of rotatable bonds is 1. The van der Waals surface area contributed by atoms with E-state index in [0.717, 1.165) is 6.07 Å². The largest absolute Gasteiger partial charge is 0.416 e. The molecule has 1 aromatic carbocycles. The molecule has 0 spiro atoms. The van der Waals surface area contributed by atoms with Crippen molar-refractivity contribution in [2.24, 2.45) is 0 Å². The van der Waals surface area contributed by atoms with E-state index in [4.69, 9.17) is 0 Å². The molecule has 2 atom stereocenters. The molecule has 2 unspecified atom stereocenters. The Kier molecular flexibility index (Phi) is 2.85. The molecule has 1 amide bonds. The van der Waals surface area contributed by atoms with Crippen molar-refractivity contribution in [2.45, 2.75) is 31.5 Å². The van der Waals surface area contributed by atoms with Crippen LogP contribution in [0.25, 0.3) is 0 Å². The predicted molar refractivity (Wildman–Crippen MR) is 56.4 cm³/mol. The van der Waals surface area contributed by atoms with Gasteiger partial charge < -0.3 is 5.32 Å². The molecule has 1 aliphatic rings. The molecule has 0 saturated carbocycles. The SMILES string of the molecule is CC1NC(=O)CC1c1ccccc1C(F)(F)F. The van der Waals surface area contributed by atoms with Crippen LogP contribution in [0.1, 0.15) is 30.4 Å². The van der Waals surface area contributed by atoms with E-state index in [1.165, 1.54) is 12.1 Å². The Morgan fingerprint density at radius 1 is 1.29 bits per heavy atom. The molecule has 0 aromatic heterocycles. The van der Waals surface area contributed by atoms with Gasteiger partial charge in [-0.2, -0.15) is 13.2 Å². The van der Waals surface area contributed by atoms with Gasteiger partial charge in [0.2, 0.25) is 5.91 Å². The number of amides is 1. The van der Waals surface area contributed by atoms with Gasteiger partial charge in [-0.05, 0) is 18.6 Å². The van der Waals surface area contributed by atoms with Gasteiger partial charge in [-0.1, -0.05) is 18.2 Å². The first-order chi connectivity index (χ1) is 7.89. The zero-order chi connectivity index (χ0) is 12.6. The average molecular weight is 243 g/mol. The molecule has 2 rings (SSSR count). The number of nitrogens with one attached hydrogen (secondary N) is 1. The van der Waals surface area contributed by atoms with Crippen molar-refractivity contribution in [2.75, 3.05) is 0 Å². The minimum Gasteiger partial charge on any atom is -0.353 e. The molecule has 0 bridgehead atoms. The van der Waals surface area contributed by atoms with E-state index >= 15 is 0 Å². The van der Waals surface area contributed by atoms with E-state index in [0.29, 0.717) is 0 Å². The fourth-order valence-corrected chi connectivity index (χ4v) is 2.25. The Balaban J connectivity index is 2.42. The summed E-state index contributed by atoms with van der Waals surface area (Å²) in [7, 11) is 0. The smallest absolute Gasteiger partial charge is 0.353 e. The highest BCUT2D eigenvalue weighted by Gasteiger charge is 2.38. The Hall–Kier alpha value is -1.52. The molecule has 2 nitrogen and oxygen atoms in total. The van der Waals surface area contributed by atoms with Gasteiger partial charge in [0.05, 0.1) is 5.56 Å². The van der Waals surface area contributed by atoms with Crippen LogP contribution in [0.15, 0.2) is 24.3 Å². The molecule has 1 N–H and O–H groups in total. The molecular formula is C12H12F3NO. The zero-order valence-electron chi connectivity index (χ0n) is 9.21. The normalized spacial score (nSPS) is 24.8. The van der Waals surface area contributed by atoms with Gasteiger partial charge in [-0.25, -0.2) is 0 Å². The Bertz CT molecular complexity index is 442. The van der Waals surface area contributed by atoms with E-state index in [1.54, 1.807) is 13.0 Å². The van der Waals surface area contributed by atoms with Crippen LogP contribution in [0.4, 0.5) is 13.2 Å². The summed E-state index contributed by atoms with van der Waals surface area (Å²) in [6.45, 7) is 1.72. The molecule has 1 fully saturated rings. The standard InChI is InChI=1S/C12H12F3NO/c1-7-9(6-11(17)16-7)8-4-2-3-5-10(8)12(13,14)15/h2-5,7,9H,6H2,1H3,(H,16,17). The van der Waals surface area contributed by atoms with Gasteiger partial charge in [0.1, 0.15) is 0 Å². The van der Waals surface area contributed by atoms with Gasteiger partial charge in [-0.3, -0.25) is 4.79 Å². The molecule has 0 radical (unpaired) electrons. The molecule has 0 aliphatic carbocycles. The highest BCUT2D eigenvalue weighted by molar-refractivity contribution is 5.80. The van der Waals surface area contributed by atoms with Crippen LogP contribution < -0.4 is 5.32 Å². The van der Waals surface area contributed by atoms with E-state index in [1.807, 2.05) is 0 Å². The zero-order valence-corrected chi connectivity index (χ0v) is 9.21. The summed E-state index contributed by atoms with van der Waals surface area (Å²) < 4.78 is 38.5. The lowest BCUT2D eigenvalue weighted by Gasteiger charge is -2.19. The summed E-state index contributed by atoms with van der Waals surface area (Å²) in [5.74, 6) is -0.597. The van der Waals surface area contributed by atoms with Crippen LogP contribution >= 0.6 is 0 Å². The summed E-state index contributed by atoms with van der Waals surface area (Å²) in [4.78, 5) is 11.2. The maximum Gasteiger partial charge on any atom is 0.416 e. The fraction of sp³-hybridized carbons (Fsp3) is 0.417. The quantitative estimate of drug-likeness (QED) is 0.807. The lowest BCUT2D eigenvalue weighted by Crippen LogP contribution is -2.25.